The Morgan fingerprint density at radius 1 is 1.09 bits per heavy atom. The van der Waals surface area contributed by atoms with E-state index in [1.165, 1.54) is 34.2 Å². The molecule has 0 spiro atoms. The monoisotopic (exact) mass is 475 g/mol. The van der Waals surface area contributed by atoms with Gasteiger partial charge in [0.2, 0.25) is 0 Å². The minimum absolute atomic E-state index is 0.183. The van der Waals surface area contributed by atoms with Gasteiger partial charge >= 0.3 is 16.3 Å². The van der Waals surface area contributed by atoms with Crippen molar-refractivity contribution in [3.8, 4) is 22.8 Å². The molecule has 0 fully saturated rings. The molecule has 0 bridgehead atoms. The number of carboxylic acid groups (broad SMARTS) is 1. The third-order valence-electron chi connectivity index (χ3n) is 4.70. The van der Waals surface area contributed by atoms with E-state index in [0.29, 0.717) is 38.3 Å². The average Bonchev–Trinajstić information content (AvgIpc) is 2.75. The van der Waals surface area contributed by atoms with Crippen LogP contribution in [-0.2, 0) is 16.8 Å². The molecule has 0 radical (unpaired) electrons. The molecule has 0 atom stereocenters. The SMILES string of the molecule is COc1cc2ncnc(-c3ccc(CNS(=O)(=O)N(C(=O)O)C(C)(C)C)nc3)c2cc1OC. The number of pyridine rings is 1. The van der Waals surface area contributed by atoms with Gasteiger partial charge in [-0.1, -0.05) is 0 Å². The molecule has 2 aromatic heterocycles. The van der Waals surface area contributed by atoms with Gasteiger partial charge < -0.3 is 14.6 Å². The predicted molar refractivity (Wildman–Crippen MR) is 121 cm³/mol. The Hall–Kier alpha value is -3.51. The highest BCUT2D eigenvalue weighted by Crippen LogP contribution is 2.34. The fraction of sp³-hybridized carbons (Fsp3) is 0.333. The summed E-state index contributed by atoms with van der Waals surface area (Å²) in [6, 6.07) is 6.90. The molecule has 0 aliphatic rings. The lowest BCUT2D eigenvalue weighted by Gasteiger charge is -2.31. The van der Waals surface area contributed by atoms with Crippen LogP contribution in [0.4, 0.5) is 4.79 Å². The van der Waals surface area contributed by atoms with Crippen LogP contribution in [0.5, 0.6) is 11.5 Å². The number of amides is 1. The van der Waals surface area contributed by atoms with Crippen molar-refractivity contribution in [2.24, 2.45) is 0 Å². The van der Waals surface area contributed by atoms with Crippen molar-refractivity contribution in [2.45, 2.75) is 32.9 Å². The van der Waals surface area contributed by atoms with Crippen LogP contribution >= 0.6 is 0 Å². The van der Waals surface area contributed by atoms with Gasteiger partial charge in [0.05, 0.1) is 43.2 Å². The first kappa shape index (κ1) is 24.1. The number of fused-ring (bicyclic) bond motifs is 1. The van der Waals surface area contributed by atoms with Gasteiger partial charge in [-0.05, 0) is 39.0 Å². The summed E-state index contributed by atoms with van der Waals surface area (Å²) in [7, 11) is -1.21. The van der Waals surface area contributed by atoms with Crippen LogP contribution in [0, 0.1) is 0 Å². The molecule has 12 heteroatoms. The fourth-order valence-corrected chi connectivity index (χ4v) is 4.65. The van der Waals surface area contributed by atoms with Gasteiger partial charge in [-0.25, -0.2) is 14.8 Å². The Labute approximate surface area is 191 Å². The molecule has 0 aliphatic heterocycles. The zero-order valence-electron chi connectivity index (χ0n) is 18.9. The van der Waals surface area contributed by atoms with Crippen molar-refractivity contribution >= 4 is 27.2 Å². The number of hydrogen-bond donors (Lipinski definition) is 2. The highest BCUT2D eigenvalue weighted by molar-refractivity contribution is 7.87. The number of benzene rings is 1. The second-order valence-electron chi connectivity index (χ2n) is 8.03. The summed E-state index contributed by atoms with van der Waals surface area (Å²) in [6.45, 7) is 4.29. The van der Waals surface area contributed by atoms with E-state index >= 15 is 0 Å². The largest absolute Gasteiger partial charge is 0.493 e. The van der Waals surface area contributed by atoms with Crippen LogP contribution in [0.2, 0.25) is 0 Å². The summed E-state index contributed by atoms with van der Waals surface area (Å²) < 4.78 is 38.4. The third kappa shape index (κ3) is 5.12. The number of rotatable bonds is 7. The van der Waals surface area contributed by atoms with E-state index in [0.717, 1.165) is 5.39 Å². The van der Waals surface area contributed by atoms with Gasteiger partial charge in [0.1, 0.15) is 6.33 Å². The lowest BCUT2D eigenvalue weighted by Crippen LogP contribution is -2.53. The molecule has 0 unspecified atom stereocenters. The molecule has 176 valence electrons. The van der Waals surface area contributed by atoms with E-state index in [4.69, 9.17) is 9.47 Å². The molecule has 0 saturated carbocycles. The van der Waals surface area contributed by atoms with Gasteiger partial charge in [0.15, 0.2) is 11.5 Å². The fourth-order valence-electron chi connectivity index (χ4n) is 3.26. The van der Waals surface area contributed by atoms with Crippen LogP contribution in [-0.4, -0.2) is 58.6 Å². The van der Waals surface area contributed by atoms with E-state index in [2.05, 4.69) is 19.7 Å². The van der Waals surface area contributed by atoms with E-state index in [1.807, 2.05) is 0 Å². The van der Waals surface area contributed by atoms with E-state index in [1.54, 1.807) is 37.6 Å². The van der Waals surface area contributed by atoms with E-state index < -0.39 is 21.8 Å². The first-order chi connectivity index (χ1) is 15.5. The van der Waals surface area contributed by atoms with Crippen molar-refractivity contribution in [2.75, 3.05) is 14.2 Å². The van der Waals surface area contributed by atoms with Crippen LogP contribution in [0.1, 0.15) is 26.5 Å². The summed E-state index contributed by atoms with van der Waals surface area (Å²) >= 11 is 0. The second kappa shape index (κ2) is 9.16. The van der Waals surface area contributed by atoms with Crippen LogP contribution in [0.3, 0.4) is 0 Å². The summed E-state index contributed by atoms with van der Waals surface area (Å²) in [5.41, 5.74) is 1.21. The van der Waals surface area contributed by atoms with Crippen molar-refractivity contribution in [1.82, 2.24) is 24.0 Å². The lowest BCUT2D eigenvalue weighted by atomic mass is 10.1. The maximum absolute atomic E-state index is 12.5. The van der Waals surface area contributed by atoms with Gasteiger partial charge in [-0.2, -0.15) is 17.4 Å². The first-order valence-corrected chi connectivity index (χ1v) is 11.3. The van der Waals surface area contributed by atoms with Gasteiger partial charge in [0, 0.05) is 23.2 Å². The Bertz CT molecular complexity index is 1270. The number of nitrogens with zero attached hydrogens (tertiary/aromatic N) is 4. The number of hydrogen-bond acceptors (Lipinski definition) is 8. The number of methoxy groups -OCH3 is 2. The van der Waals surface area contributed by atoms with Crippen LogP contribution < -0.4 is 14.2 Å². The molecule has 3 rings (SSSR count). The van der Waals surface area contributed by atoms with E-state index in [-0.39, 0.29) is 6.54 Å². The quantitative estimate of drug-likeness (QED) is 0.527. The zero-order chi connectivity index (χ0) is 24.4. The molecule has 33 heavy (non-hydrogen) atoms. The molecule has 2 heterocycles. The second-order valence-corrected chi connectivity index (χ2v) is 9.63. The summed E-state index contributed by atoms with van der Waals surface area (Å²) in [5.74, 6) is 1.07. The van der Waals surface area contributed by atoms with Crippen molar-refractivity contribution in [3.05, 3.63) is 42.5 Å². The van der Waals surface area contributed by atoms with Gasteiger partial charge in [-0.15, -0.1) is 0 Å². The maximum Gasteiger partial charge on any atom is 0.422 e. The first-order valence-electron chi connectivity index (χ1n) is 9.83. The summed E-state index contributed by atoms with van der Waals surface area (Å²) in [4.78, 5) is 24.4. The van der Waals surface area contributed by atoms with Gasteiger partial charge in [-0.3, -0.25) is 4.98 Å². The molecule has 11 nitrogen and oxygen atoms in total. The Morgan fingerprint density at radius 3 is 2.30 bits per heavy atom. The lowest BCUT2D eigenvalue weighted by molar-refractivity contribution is 0.145. The maximum atomic E-state index is 12.5. The zero-order valence-corrected chi connectivity index (χ0v) is 19.7. The number of nitrogens with one attached hydrogen (secondary N) is 1. The molecule has 1 amide bonds. The summed E-state index contributed by atoms with van der Waals surface area (Å²) in [5, 5.41) is 10.1. The highest BCUT2D eigenvalue weighted by Gasteiger charge is 2.37. The topological polar surface area (TPSA) is 144 Å². The average molecular weight is 476 g/mol. The van der Waals surface area contributed by atoms with Crippen LogP contribution in [0.25, 0.3) is 22.2 Å². The van der Waals surface area contributed by atoms with Gasteiger partial charge in [0.25, 0.3) is 0 Å². The standard InChI is InChI=1S/C21H25N5O6S/c1-21(2,3)26(20(27)28)33(29,30)25-11-14-7-6-13(10-22-14)19-15-8-17(31-4)18(32-5)9-16(15)23-12-24-19/h6-10,12,25H,11H2,1-5H3,(H,27,28). The minimum atomic E-state index is -4.29. The van der Waals surface area contributed by atoms with Crippen molar-refractivity contribution < 1.29 is 27.8 Å². The molecule has 0 aliphatic carbocycles. The van der Waals surface area contributed by atoms with Crippen molar-refractivity contribution in [1.29, 1.82) is 0 Å². The normalized spacial score (nSPS) is 11.9. The smallest absolute Gasteiger partial charge is 0.422 e. The minimum Gasteiger partial charge on any atom is -0.493 e. The van der Waals surface area contributed by atoms with Crippen LogP contribution in [0.15, 0.2) is 36.8 Å². The molecule has 0 saturated heterocycles. The molecule has 2 N–H and O–H groups in total. The number of carbonyl (C=O) groups is 1. The van der Waals surface area contributed by atoms with Crippen molar-refractivity contribution in [3.63, 3.8) is 0 Å². The molecular formula is C21H25N5O6S. The Morgan fingerprint density at radius 2 is 1.76 bits per heavy atom. The molecule has 3 aromatic rings. The Kier molecular flexibility index (Phi) is 6.70. The highest BCUT2D eigenvalue weighted by atomic mass is 32.2. The molecular weight excluding hydrogens is 450 g/mol. The number of aromatic nitrogens is 3. The van der Waals surface area contributed by atoms with E-state index in [9.17, 15) is 18.3 Å². The predicted octanol–water partition coefficient (Wildman–Crippen LogP) is 2.82. The third-order valence-corrected chi connectivity index (χ3v) is 6.39. The Balaban J connectivity index is 1.87. The molecule has 1 aromatic carbocycles. The number of ether oxygens (including phenoxy) is 2. The summed E-state index contributed by atoms with van der Waals surface area (Å²) in [6.07, 6.45) is 1.42.